The molecule has 2 aromatic rings. The molecule has 1 atom stereocenters. The van der Waals surface area contributed by atoms with Gasteiger partial charge in [0.1, 0.15) is 5.82 Å². The highest BCUT2D eigenvalue weighted by molar-refractivity contribution is 7.10. The number of hydrogen-bond acceptors (Lipinski definition) is 4. The molecule has 6 heteroatoms. The number of nitrogens with one attached hydrogen (secondary N) is 2. The molecule has 2 N–H and O–H groups in total. The lowest BCUT2D eigenvalue weighted by Crippen LogP contribution is -2.22. The molecule has 4 heterocycles. The lowest BCUT2D eigenvalue weighted by atomic mass is 9.92. The third-order valence-electron chi connectivity index (χ3n) is 4.32. The van der Waals surface area contributed by atoms with Gasteiger partial charge in [0.2, 0.25) is 5.91 Å². The largest absolute Gasteiger partial charge is 0.311 e. The molecule has 0 aromatic carbocycles. The number of fused-ring (bicyclic) bond motifs is 1. The Morgan fingerprint density at radius 3 is 3.10 bits per heavy atom. The van der Waals surface area contributed by atoms with Crippen molar-refractivity contribution >= 4 is 23.1 Å². The standard InChI is InChI=1S/C15H18N4OS/c20-14-6-11(12-7-16-18-15(12)17-14)13-5-10(9-21-13)8-19-3-1-2-4-19/h5,7,9,11H,1-4,6,8H2,(H2,16,17,18,20). The molecule has 4 rings (SSSR count). The second kappa shape index (κ2) is 5.27. The van der Waals surface area contributed by atoms with E-state index in [2.05, 4.69) is 31.9 Å². The van der Waals surface area contributed by atoms with Crippen LogP contribution in [0.15, 0.2) is 17.6 Å². The normalized spacial score (nSPS) is 22.3. The third-order valence-corrected chi connectivity index (χ3v) is 5.42. The predicted molar refractivity (Wildman–Crippen MR) is 82.5 cm³/mol. The van der Waals surface area contributed by atoms with Crippen LogP contribution in [0.3, 0.4) is 0 Å². The van der Waals surface area contributed by atoms with Crippen molar-refractivity contribution in [2.75, 3.05) is 18.4 Å². The maximum atomic E-state index is 11.8. The molecule has 1 amide bonds. The Kier molecular flexibility index (Phi) is 3.27. The summed E-state index contributed by atoms with van der Waals surface area (Å²) in [6.07, 6.45) is 4.98. The van der Waals surface area contributed by atoms with Crippen molar-refractivity contribution in [2.24, 2.45) is 0 Å². The molecule has 0 radical (unpaired) electrons. The van der Waals surface area contributed by atoms with Gasteiger partial charge < -0.3 is 5.32 Å². The van der Waals surface area contributed by atoms with Crippen molar-refractivity contribution in [3.63, 3.8) is 0 Å². The summed E-state index contributed by atoms with van der Waals surface area (Å²) in [4.78, 5) is 15.6. The second-order valence-corrected chi connectivity index (χ2v) is 6.79. The summed E-state index contributed by atoms with van der Waals surface area (Å²) in [5.41, 5.74) is 2.47. The average Bonchev–Trinajstić information content (AvgIpc) is 3.18. The van der Waals surface area contributed by atoms with Crippen LogP contribution in [0.5, 0.6) is 0 Å². The fraction of sp³-hybridized carbons (Fsp3) is 0.467. The molecule has 2 aromatic heterocycles. The topological polar surface area (TPSA) is 61.0 Å². The number of carbonyl (C=O) groups excluding carboxylic acids is 1. The van der Waals surface area contributed by atoms with Gasteiger partial charge in [0.05, 0.1) is 6.20 Å². The summed E-state index contributed by atoms with van der Waals surface area (Å²) in [6, 6.07) is 2.27. The van der Waals surface area contributed by atoms with E-state index in [0.717, 1.165) is 17.9 Å². The minimum Gasteiger partial charge on any atom is -0.311 e. The first-order valence-electron chi connectivity index (χ1n) is 7.42. The summed E-state index contributed by atoms with van der Waals surface area (Å²) in [6.45, 7) is 3.46. The molecule has 0 spiro atoms. The molecule has 21 heavy (non-hydrogen) atoms. The number of rotatable bonds is 3. The summed E-state index contributed by atoms with van der Waals surface area (Å²) in [5.74, 6) is 0.960. The fourth-order valence-electron chi connectivity index (χ4n) is 3.26. The molecular formula is C15H18N4OS. The number of likely N-dealkylation sites (tertiary alicyclic amines) is 1. The van der Waals surface area contributed by atoms with Crippen molar-refractivity contribution in [2.45, 2.75) is 31.7 Å². The van der Waals surface area contributed by atoms with Gasteiger partial charge in [0, 0.05) is 29.3 Å². The van der Waals surface area contributed by atoms with Crippen LogP contribution in [0, 0.1) is 0 Å². The van der Waals surface area contributed by atoms with Gasteiger partial charge in [0.15, 0.2) is 0 Å². The maximum absolute atomic E-state index is 11.8. The van der Waals surface area contributed by atoms with Gasteiger partial charge in [-0.05, 0) is 42.9 Å². The number of carbonyl (C=O) groups is 1. The third kappa shape index (κ3) is 2.49. The van der Waals surface area contributed by atoms with E-state index in [1.54, 1.807) is 11.3 Å². The van der Waals surface area contributed by atoms with Crippen molar-refractivity contribution in [1.82, 2.24) is 15.1 Å². The highest BCUT2D eigenvalue weighted by Gasteiger charge is 2.29. The van der Waals surface area contributed by atoms with E-state index < -0.39 is 0 Å². The van der Waals surface area contributed by atoms with Gasteiger partial charge in [-0.25, -0.2) is 0 Å². The SMILES string of the molecule is O=C1CC(c2cc(CN3CCCC3)cs2)c2cn[nH]c2N1. The number of anilines is 1. The summed E-state index contributed by atoms with van der Waals surface area (Å²) in [7, 11) is 0. The lowest BCUT2D eigenvalue weighted by molar-refractivity contribution is -0.116. The zero-order valence-electron chi connectivity index (χ0n) is 11.8. The highest BCUT2D eigenvalue weighted by atomic mass is 32.1. The Hall–Kier alpha value is -1.66. The number of hydrogen-bond donors (Lipinski definition) is 2. The van der Waals surface area contributed by atoms with Crippen LogP contribution in [0.1, 0.15) is 41.2 Å². The van der Waals surface area contributed by atoms with Gasteiger partial charge in [0.25, 0.3) is 0 Å². The Labute approximate surface area is 127 Å². The number of nitrogens with zero attached hydrogens (tertiary/aromatic N) is 2. The van der Waals surface area contributed by atoms with Gasteiger partial charge in [-0.3, -0.25) is 14.8 Å². The van der Waals surface area contributed by atoms with E-state index in [1.807, 2.05) is 6.20 Å². The summed E-state index contributed by atoms with van der Waals surface area (Å²) < 4.78 is 0. The molecule has 1 saturated heterocycles. The van der Waals surface area contributed by atoms with Crippen molar-refractivity contribution < 1.29 is 4.79 Å². The van der Waals surface area contributed by atoms with E-state index >= 15 is 0 Å². The Bertz CT molecular complexity index is 656. The van der Waals surface area contributed by atoms with Crippen LogP contribution in [0.25, 0.3) is 0 Å². The van der Waals surface area contributed by atoms with Gasteiger partial charge >= 0.3 is 0 Å². The first-order valence-corrected chi connectivity index (χ1v) is 8.30. The van der Waals surface area contributed by atoms with Crippen LogP contribution in [-0.4, -0.2) is 34.1 Å². The van der Waals surface area contributed by atoms with Crippen molar-refractivity contribution in [3.8, 4) is 0 Å². The maximum Gasteiger partial charge on any atom is 0.226 e. The quantitative estimate of drug-likeness (QED) is 0.916. The van der Waals surface area contributed by atoms with Crippen LogP contribution >= 0.6 is 11.3 Å². The molecule has 1 fully saturated rings. The fourth-order valence-corrected chi connectivity index (χ4v) is 4.28. The number of thiophene rings is 1. The molecule has 2 aliphatic rings. The summed E-state index contributed by atoms with van der Waals surface area (Å²) >= 11 is 1.76. The Morgan fingerprint density at radius 2 is 2.24 bits per heavy atom. The van der Waals surface area contributed by atoms with Crippen molar-refractivity contribution in [3.05, 3.63) is 33.6 Å². The Morgan fingerprint density at radius 1 is 1.38 bits per heavy atom. The van der Waals surface area contributed by atoms with E-state index in [0.29, 0.717) is 6.42 Å². The van der Waals surface area contributed by atoms with Gasteiger partial charge in [-0.1, -0.05) is 0 Å². The molecule has 0 bridgehead atoms. The Balaban J connectivity index is 1.57. The zero-order valence-corrected chi connectivity index (χ0v) is 12.6. The molecule has 1 unspecified atom stereocenters. The molecule has 0 aliphatic carbocycles. The monoisotopic (exact) mass is 302 g/mol. The lowest BCUT2D eigenvalue weighted by Gasteiger charge is -2.20. The highest BCUT2D eigenvalue weighted by Crippen LogP contribution is 2.38. The predicted octanol–water partition coefficient (Wildman–Crippen LogP) is 2.54. The number of H-pyrrole nitrogens is 1. The minimum absolute atomic E-state index is 0.0613. The summed E-state index contributed by atoms with van der Waals surface area (Å²) in [5, 5.41) is 12.0. The van der Waals surface area contributed by atoms with Crippen LogP contribution in [-0.2, 0) is 11.3 Å². The average molecular weight is 302 g/mol. The first-order chi connectivity index (χ1) is 10.3. The minimum atomic E-state index is 0.0613. The van der Waals surface area contributed by atoms with Crippen LogP contribution in [0.4, 0.5) is 5.82 Å². The van der Waals surface area contributed by atoms with Crippen LogP contribution < -0.4 is 5.32 Å². The second-order valence-electron chi connectivity index (χ2n) is 5.85. The van der Waals surface area contributed by atoms with Crippen LogP contribution in [0.2, 0.25) is 0 Å². The van der Waals surface area contributed by atoms with Gasteiger partial charge in [-0.15, -0.1) is 11.3 Å². The number of aromatic nitrogens is 2. The van der Waals surface area contributed by atoms with E-state index in [1.165, 1.54) is 36.4 Å². The number of amides is 1. The molecular weight excluding hydrogens is 284 g/mol. The zero-order chi connectivity index (χ0) is 14.2. The van der Waals surface area contributed by atoms with E-state index in [9.17, 15) is 4.79 Å². The van der Waals surface area contributed by atoms with Crippen molar-refractivity contribution in [1.29, 1.82) is 0 Å². The first kappa shape index (κ1) is 13.0. The van der Waals surface area contributed by atoms with Gasteiger partial charge in [-0.2, -0.15) is 5.10 Å². The van der Waals surface area contributed by atoms with E-state index in [-0.39, 0.29) is 11.8 Å². The molecule has 2 aliphatic heterocycles. The molecule has 110 valence electrons. The number of aromatic amines is 1. The molecule has 0 saturated carbocycles. The van der Waals surface area contributed by atoms with E-state index in [4.69, 9.17) is 0 Å². The molecule has 5 nitrogen and oxygen atoms in total. The smallest absolute Gasteiger partial charge is 0.226 e.